The highest BCUT2D eigenvalue weighted by molar-refractivity contribution is 8.33. The number of rotatable bonds is 4. The molecule has 0 aromatic carbocycles. The van der Waals surface area contributed by atoms with Gasteiger partial charge in [0.1, 0.15) is 9.32 Å². The largest absolute Gasteiger partial charge is 0.462 e. The molecule has 0 aliphatic carbocycles. The summed E-state index contributed by atoms with van der Waals surface area (Å²) in [6, 6.07) is 0. The Kier molecular flexibility index (Phi) is 4.58. The van der Waals surface area contributed by atoms with Crippen LogP contribution < -0.4 is 0 Å². The van der Waals surface area contributed by atoms with Gasteiger partial charge in [0, 0.05) is 0 Å². The second kappa shape index (κ2) is 5.54. The van der Waals surface area contributed by atoms with Gasteiger partial charge in [-0.3, -0.25) is 0 Å². The van der Waals surface area contributed by atoms with E-state index in [1.165, 1.54) is 0 Å². The number of hydrogen-bond donors (Lipinski definition) is 0. The lowest BCUT2D eigenvalue weighted by atomic mass is 10.3. The van der Waals surface area contributed by atoms with Gasteiger partial charge in [0.2, 0.25) is 0 Å². The second-order valence-electron chi connectivity index (χ2n) is 2.98. The standard InChI is InChI=1S/C9H12O6S2/c1-3-14-7(10)6(8(11)15-4-2)9-16-5-17(9,12)13/h3-5H2,1-2H3. The first-order valence-corrected chi connectivity index (χ1v) is 7.51. The normalized spacial score (nSPS) is 16.9. The van der Waals surface area contributed by atoms with Crippen LogP contribution in [0.3, 0.4) is 0 Å². The van der Waals surface area contributed by atoms with Crippen LogP contribution in [0.4, 0.5) is 0 Å². The zero-order valence-corrected chi connectivity index (χ0v) is 11.0. The lowest BCUT2D eigenvalue weighted by molar-refractivity contribution is -0.146. The van der Waals surface area contributed by atoms with Gasteiger partial charge in [-0.15, -0.1) is 0 Å². The van der Waals surface area contributed by atoms with Crippen molar-refractivity contribution in [1.82, 2.24) is 0 Å². The monoisotopic (exact) mass is 280 g/mol. The van der Waals surface area contributed by atoms with Gasteiger partial charge in [-0.25, -0.2) is 18.0 Å². The van der Waals surface area contributed by atoms with Crippen LogP contribution in [-0.2, 0) is 28.9 Å². The molecule has 1 aliphatic heterocycles. The van der Waals surface area contributed by atoms with Gasteiger partial charge in [-0.1, -0.05) is 11.8 Å². The average Bonchev–Trinajstić information content (AvgIpc) is 2.24. The molecule has 0 spiro atoms. The van der Waals surface area contributed by atoms with Crippen LogP contribution in [0.1, 0.15) is 13.8 Å². The molecular formula is C9H12O6S2. The summed E-state index contributed by atoms with van der Waals surface area (Å²) in [5.41, 5.74) is -0.523. The quantitative estimate of drug-likeness (QED) is 0.319. The van der Waals surface area contributed by atoms with Gasteiger partial charge in [0.25, 0.3) is 0 Å². The van der Waals surface area contributed by atoms with Crippen LogP contribution in [-0.4, -0.2) is 38.7 Å². The molecular weight excluding hydrogens is 268 g/mol. The molecule has 0 bridgehead atoms. The summed E-state index contributed by atoms with van der Waals surface area (Å²) in [4.78, 5) is 23.0. The molecule has 1 rings (SSSR count). The van der Waals surface area contributed by atoms with Gasteiger partial charge in [-0.2, -0.15) is 0 Å². The molecule has 17 heavy (non-hydrogen) atoms. The van der Waals surface area contributed by atoms with Crippen LogP contribution in [0, 0.1) is 0 Å². The summed E-state index contributed by atoms with van der Waals surface area (Å²) in [5.74, 6) is -1.92. The van der Waals surface area contributed by atoms with E-state index in [1.54, 1.807) is 13.8 Å². The second-order valence-corrected chi connectivity index (χ2v) is 6.52. The number of thioether (sulfide) groups is 1. The Balaban J connectivity index is 3.12. The Morgan fingerprint density at radius 1 is 1.18 bits per heavy atom. The van der Waals surface area contributed by atoms with Gasteiger partial charge < -0.3 is 9.47 Å². The third-order valence-corrected chi connectivity index (χ3v) is 5.85. The smallest absolute Gasteiger partial charge is 0.347 e. The fourth-order valence-corrected chi connectivity index (χ4v) is 3.60. The number of esters is 2. The molecule has 1 saturated heterocycles. The maximum atomic E-state index is 11.5. The van der Waals surface area contributed by atoms with Gasteiger partial charge >= 0.3 is 11.9 Å². The fourth-order valence-electron chi connectivity index (χ4n) is 1.10. The van der Waals surface area contributed by atoms with E-state index in [-0.39, 0.29) is 22.5 Å². The molecule has 0 aromatic heterocycles. The first kappa shape index (κ1) is 14.0. The molecule has 0 aromatic rings. The average molecular weight is 280 g/mol. The van der Waals surface area contributed by atoms with Crippen molar-refractivity contribution >= 4 is 33.5 Å². The maximum Gasteiger partial charge on any atom is 0.347 e. The van der Waals surface area contributed by atoms with E-state index in [2.05, 4.69) is 9.47 Å². The Labute approximate surface area is 103 Å². The van der Waals surface area contributed by atoms with Crippen LogP contribution in [0.5, 0.6) is 0 Å². The summed E-state index contributed by atoms with van der Waals surface area (Å²) in [7, 11) is -3.51. The number of sulfone groups is 1. The summed E-state index contributed by atoms with van der Waals surface area (Å²) in [6.45, 7) is 3.24. The first-order valence-electron chi connectivity index (χ1n) is 4.88. The minimum atomic E-state index is -3.51. The van der Waals surface area contributed by atoms with Crippen LogP contribution in [0.2, 0.25) is 0 Å². The van der Waals surface area contributed by atoms with Crippen molar-refractivity contribution in [3.8, 4) is 0 Å². The van der Waals surface area contributed by atoms with E-state index in [4.69, 9.17) is 0 Å². The Bertz CT molecular complexity index is 442. The molecule has 0 saturated carbocycles. The minimum Gasteiger partial charge on any atom is -0.462 e. The molecule has 0 atom stereocenters. The Hall–Kier alpha value is -1.02. The summed E-state index contributed by atoms with van der Waals surface area (Å²) >= 11 is 0.919. The molecule has 96 valence electrons. The van der Waals surface area contributed by atoms with Crippen molar-refractivity contribution in [2.45, 2.75) is 13.8 Å². The Morgan fingerprint density at radius 3 is 1.88 bits per heavy atom. The van der Waals surface area contributed by atoms with Crippen molar-refractivity contribution < 1.29 is 27.5 Å². The third kappa shape index (κ3) is 3.01. The number of carbonyl (C=O) groups excluding carboxylic acids is 2. The molecule has 0 unspecified atom stereocenters. The van der Waals surface area contributed by atoms with Crippen LogP contribution in [0.25, 0.3) is 0 Å². The molecule has 0 N–H and O–H groups in total. The fraction of sp³-hybridized carbons (Fsp3) is 0.556. The predicted octanol–water partition coefficient (Wildman–Crippen LogP) is 0.443. The van der Waals surface area contributed by atoms with Gasteiger partial charge in [0.15, 0.2) is 15.4 Å². The van der Waals surface area contributed by atoms with E-state index in [9.17, 15) is 18.0 Å². The van der Waals surface area contributed by atoms with E-state index in [0.29, 0.717) is 0 Å². The third-order valence-electron chi connectivity index (χ3n) is 1.79. The molecule has 8 heteroatoms. The van der Waals surface area contributed by atoms with Gasteiger partial charge in [-0.05, 0) is 13.8 Å². The summed E-state index contributed by atoms with van der Waals surface area (Å²) in [5, 5.41) is -0.134. The maximum absolute atomic E-state index is 11.5. The van der Waals surface area contributed by atoms with Crippen LogP contribution >= 0.6 is 11.8 Å². The lowest BCUT2D eigenvalue weighted by Gasteiger charge is -2.19. The summed E-state index contributed by atoms with van der Waals surface area (Å²) in [6.07, 6.45) is 0. The van der Waals surface area contributed by atoms with Gasteiger partial charge in [0.05, 0.1) is 13.2 Å². The molecule has 6 nitrogen and oxygen atoms in total. The molecule has 1 heterocycles. The van der Waals surface area contributed by atoms with Crippen molar-refractivity contribution in [3.63, 3.8) is 0 Å². The predicted molar refractivity (Wildman–Crippen MR) is 61.7 cm³/mol. The highest BCUT2D eigenvalue weighted by atomic mass is 32.3. The van der Waals surface area contributed by atoms with E-state index < -0.39 is 27.3 Å². The van der Waals surface area contributed by atoms with E-state index >= 15 is 0 Å². The van der Waals surface area contributed by atoms with Crippen molar-refractivity contribution in [3.05, 3.63) is 9.81 Å². The molecule has 0 radical (unpaired) electrons. The number of hydrogen-bond acceptors (Lipinski definition) is 7. The Morgan fingerprint density at radius 2 is 1.65 bits per heavy atom. The molecule has 1 aliphatic rings. The molecule has 1 fully saturated rings. The number of ether oxygens (including phenoxy) is 2. The lowest BCUT2D eigenvalue weighted by Crippen LogP contribution is -2.27. The van der Waals surface area contributed by atoms with Crippen molar-refractivity contribution in [2.24, 2.45) is 0 Å². The van der Waals surface area contributed by atoms with Crippen LogP contribution in [0.15, 0.2) is 9.81 Å². The van der Waals surface area contributed by atoms with E-state index in [1.807, 2.05) is 0 Å². The highest BCUT2D eigenvalue weighted by Crippen LogP contribution is 2.39. The van der Waals surface area contributed by atoms with Crippen molar-refractivity contribution in [2.75, 3.05) is 18.3 Å². The topological polar surface area (TPSA) is 86.7 Å². The van der Waals surface area contributed by atoms with E-state index in [0.717, 1.165) is 11.8 Å². The first-order chi connectivity index (χ1) is 7.94. The SMILES string of the molecule is CCOC(=O)C(C(=O)OCC)=C1SCS1(=O)=O. The number of carbonyl (C=O) groups is 2. The summed E-state index contributed by atoms with van der Waals surface area (Å²) < 4.78 is 31.8. The zero-order chi connectivity index (χ0) is 13.1. The molecule has 0 amide bonds. The zero-order valence-electron chi connectivity index (χ0n) is 9.39. The van der Waals surface area contributed by atoms with Crippen molar-refractivity contribution in [1.29, 1.82) is 0 Å². The minimum absolute atomic E-state index is 0.0553. The highest BCUT2D eigenvalue weighted by Gasteiger charge is 2.39.